The number of hydrogen-bond acceptors (Lipinski definition) is 4. The average molecular weight is 244 g/mol. The van der Waals surface area contributed by atoms with E-state index in [1.54, 1.807) is 24.3 Å². The molecule has 4 heteroatoms. The van der Waals surface area contributed by atoms with Crippen LogP contribution in [0.5, 0.6) is 11.5 Å². The van der Waals surface area contributed by atoms with Crippen molar-refractivity contribution in [2.45, 2.75) is 0 Å². The molecule has 0 heterocycles. The van der Waals surface area contributed by atoms with Crippen LogP contribution < -0.4 is 9.47 Å². The molecule has 0 spiro atoms. The molecule has 0 saturated heterocycles. The summed E-state index contributed by atoms with van der Waals surface area (Å²) in [6, 6.07) is 6.80. The zero-order chi connectivity index (χ0) is 13.1. The van der Waals surface area contributed by atoms with Crippen LogP contribution in [0, 0.1) is 0 Å². The van der Waals surface area contributed by atoms with Gasteiger partial charge in [-0.15, -0.1) is 0 Å². The third-order valence-corrected chi connectivity index (χ3v) is 2.85. The highest BCUT2D eigenvalue weighted by Crippen LogP contribution is 2.34. The number of rotatable bonds is 4. The van der Waals surface area contributed by atoms with E-state index in [2.05, 4.69) is 0 Å². The molecule has 0 bridgehead atoms. The second-order valence-corrected chi connectivity index (χ2v) is 3.70. The quantitative estimate of drug-likeness (QED) is 0.775. The normalized spacial score (nSPS) is 10.1. The summed E-state index contributed by atoms with van der Waals surface area (Å²) in [5, 5.41) is 1.41. The van der Waals surface area contributed by atoms with E-state index in [9.17, 15) is 9.59 Å². The van der Waals surface area contributed by atoms with Gasteiger partial charge in [0, 0.05) is 5.39 Å². The van der Waals surface area contributed by atoms with Crippen LogP contribution in [0.3, 0.4) is 0 Å². The van der Waals surface area contributed by atoms with Crippen LogP contribution in [0.1, 0.15) is 20.7 Å². The minimum Gasteiger partial charge on any atom is -0.496 e. The first-order valence-electron chi connectivity index (χ1n) is 5.34. The Morgan fingerprint density at radius 3 is 2.17 bits per heavy atom. The van der Waals surface area contributed by atoms with E-state index in [0.717, 1.165) is 12.6 Å². The highest BCUT2D eigenvalue weighted by atomic mass is 16.5. The molecule has 92 valence electrons. The van der Waals surface area contributed by atoms with Crippen molar-refractivity contribution in [2.24, 2.45) is 0 Å². The van der Waals surface area contributed by atoms with Gasteiger partial charge in [-0.05, 0) is 23.6 Å². The van der Waals surface area contributed by atoms with E-state index in [0.29, 0.717) is 33.4 Å². The van der Waals surface area contributed by atoms with Crippen LogP contribution in [0.25, 0.3) is 10.8 Å². The molecule has 2 rings (SSSR count). The number of benzene rings is 2. The van der Waals surface area contributed by atoms with E-state index in [-0.39, 0.29) is 0 Å². The van der Waals surface area contributed by atoms with Crippen molar-refractivity contribution >= 4 is 23.3 Å². The van der Waals surface area contributed by atoms with Crippen molar-refractivity contribution in [1.29, 1.82) is 0 Å². The zero-order valence-corrected chi connectivity index (χ0v) is 10.1. The predicted octanol–water partition coefficient (Wildman–Crippen LogP) is 2.48. The molecule has 2 aromatic carbocycles. The molecule has 0 aliphatic carbocycles. The Kier molecular flexibility index (Phi) is 3.28. The van der Waals surface area contributed by atoms with Crippen LogP contribution in [0.15, 0.2) is 24.3 Å². The highest BCUT2D eigenvalue weighted by molar-refractivity contribution is 6.05. The summed E-state index contributed by atoms with van der Waals surface area (Å²) in [4.78, 5) is 22.1. The maximum Gasteiger partial charge on any atom is 0.154 e. The Morgan fingerprint density at radius 1 is 0.889 bits per heavy atom. The van der Waals surface area contributed by atoms with Gasteiger partial charge in [-0.1, -0.05) is 6.07 Å². The van der Waals surface area contributed by atoms with Crippen LogP contribution in [0.2, 0.25) is 0 Å². The molecule has 2 aromatic rings. The second kappa shape index (κ2) is 4.87. The van der Waals surface area contributed by atoms with Crippen molar-refractivity contribution in [3.05, 3.63) is 35.4 Å². The number of fused-ring (bicyclic) bond motifs is 1. The summed E-state index contributed by atoms with van der Waals surface area (Å²) < 4.78 is 10.4. The highest BCUT2D eigenvalue weighted by Gasteiger charge is 2.13. The molecule has 0 unspecified atom stereocenters. The Morgan fingerprint density at radius 2 is 1.61 bits per heavy atom. The third kappa shape index (κ3) is 1.72. The van der Waals surface area contributed by atoms with Gasteiger partial charge in [0.2, 0.25) is 0 Å². The second-order valence-electron chi connectivity index (χ2n) is 3.70. The van der Waals surface area contributed by atoms with Gasteiger partial charge in [0.05, 0.1) is 25.3 Å². The molecule has 18 heavy (non-hydrogen) atoms. The van der Waals surface area contributed by atoms with Crippen LogP contribution in [-0.2, 0) is 0 Å². The Balaban J connectivity index is 2.88. The molecular formula is C14H12O4. The Labute approximate surface area is 104 Å². The molecule has 4 nitrogen and oxygen atoms in total. The number of methoxy groups -OCH3 is 2. The Hall–Kier alpha value is -2.36. The Bertz CT molecular complexity index is 617. The van der Waals surface area contributed by atoms with Gasteiger partial charge in [-0.3, -0.25) is 9.59 Å². The third-order valence-electron chi connectivity index (χ3n) is 2.85. The fourth-order valence-corrected chi connectivity index (χ4v) is 2.02. The number of carbonyl (C=O) groups excluding carboxylic acids is 2. The van der Waals surface area contributed by atoms with E-state index in [4.69, 9.17) is 9.47 Å². The molecule has 0 fully saturated rings. The molecule has 0 aliphatic heterocycles. The lowest BCUT2D eigenvalue weighted by atomic mass is 10.0. The smallest absolute Gasteiger partial charge is 0.154 e. The summed E-state index contributed by atoms with van der Waals surface area (Å²) in [7, 11) is 3.00. The molecule has 0 aliphatic rings. The largest absolute Gasteiger partial charge is 0.496 e. The standard InChI is InChI=1S/C14H12O4/c1-17-13-6-5-11-10(12(13)8-16)4-3-9(7-15)14(11)18-2/h3-8H,1-2H3. The molecule has 0 N–H and O–H groups in total. The van der Waals surface area contributed by atoms with Gasteiger partial charge in [0.15, 0.2) is 12.6 Å². The molecular weight excluding hydrogens is 232 g/mol. The summed E-state index contributed by atoms with van der Waals surface area (Å²) >= 11 is 0. The van der Waals surface area contributed by atoms with Crippen molar-refractivity contribution in [2.75, 3.05) is 14.2 Å². The fraction of sp³-hybridized carbons (Fsp3) is 0.143. The fourth-order valence-electron chi connectivity index (χ4n) is 2.02. The number of aldehydes is 2. The van der Waals surface area contributed by atoms with Crippen LogP contribution >= 0.6 is 0 Å². The number of hydrogen-bond donors (Lipinski definition) is 0. The van der Waals surface area contributed by atoms with E-state index in [1.807, 2.05) is 0 Å². The first-order chi connectivity index (χ1) is 8.76. The number of ether oxygens (including phenoxy) is 2. The molecule has 0 saturated carbocycles. The first-order valence-corrected chi connectivity index (χ1v) is 5.34. The van der Waals surface area contributed by atoms with Gasteiger partial charge in [-0.2, -0.15) is 0 Å². The van der Waals surface area contributed by atoms with Crippen molar-refractivity contribution in [3.8, 4) is 11.5 Å². The first kappa shape index (κ1) is 12.1. The SMILES string of the molecule is COc1ccc2c(OC)c(C=O)ccc2c1C=O. The van der Waals surface area contributed by atoms with Crippen molar-refractivity contribution in [3.63, 3.8) is 0 Å². The molecule has 0 atom stereocenters. The minimum atomic E-state index is 0.450. The minimum absolute atomic E-state index is 0.450. The van der Waals surface area contributed by atoms with Crippen molar-refractivity contribution in [1.82, 2.24) is 0 Å². The van der Waals surface area contributed by atoms with E-state index < -0.39 is 0 Å². The summed E-state index contributed by atoms with van der Waals surface area (Å²) in [5.41, 5.74) is 0.901. The van der Waals surface area contributed by atoms with Gasteiger partial charge in [-0.25, -0.2) is 0 Å². The lowest BCUT2D eigenvalue weighted by Crippen LogP contribution is -1.96. The molecule has 0 aromatic heterocycles. The van der Waals surface area contributed by atoms with Gasteiger partial charge >= 0.3 is 0 Å². The summed E-state index contributed by atoms with van der Waals surface area (Å²) in [6.07, 6.45) is 1.46. The topological polar surface area (TPSA) is 52.6 Å². The lowest BCUT2D eigenvalue weighted by Gasteiger charge is -2.11. The maximum atomic E-state index is 11.2. The lowest BCUT2D eigenvalue weighted by molar-refractivity contribution is 0.111. The van der Waals surface area contributed by atoms with Gasteiger partial charge in [0.25, 0.3) is 0 Å². The molecule has 0 amide bonds. The monoisotopic (exact) mass is 244 g/mol. The summed E-state index contributed by atoms with van der Waals surface area (Å²) in [6.45, 7) is 0. The van der Waals surface area contributed by atoms with Crippen LogP contribution in [0.4, 0.5) is 0 Å². The zero-order valence-electron chi connectivity index (χ0n) is 10.1. The van der Waals surface area contributed by atoms with Crippen LogP contribution in [-0.4, -0.2) is 26.8 Å². The number of carbonyl (C=O) groups is 2. The predicted molar refractivity (Wildman–Crippen MR) is 67.8 cm³/mol. The maximum absolute atomic E-state index is 11.2. The summed E-state index contributed by atoms with van der Waals surface area (Å²) in [5.74, 6) is 0.964. The molecule has 0 radical (unpaired) electrons. The van der Waals surface area contributed by atoms with Gasteiger partial charge < -0.3 is 9.47 Å². The van der Waals surface area contributed by atoms with E-state index >= 15 is 0 Å². The van der Waals surface area contributed by atoms with E-state index in [1.165, 1.54) is 14.2 Å². The van der Waals surface area contributed by atoms with Gasteiger partial charge in [0.1, 0.15) is 11.5 Å². The average Bonchev–Trinajstić information content (AvgIpc) is 2.44. The van der Waals surface area contributed by atoms with Crippen molar-refractivity contribution < 1.29 is 19.1 Å².